The quantitative estimate of drug-likeness (QED) is 0.682. The van der Waals surface area contributed by atoms with E-state index in [2.05, 4.69) is 50.0 Å². The fourth-order valence-electron chi connectivity index (χ4n) is 2.24. The largest absolute Gasteiger partial charge is 0.384 e. The van der Waals surface area contributed by atoms with Crippen LogP contribution < -0.4 is 0 Å². The minimum absolute atomic E-state index is 0.680. The van der Waals surface area contributed by atoms with E-state index in [9.17, 15) is 0 Å². The van der Waals surface area contributed by atoms with Crippen molar-refractivity contribution in [2.24, 2.45) is 5.92 Å². The molecule has 0 bridgehead atoms. The first-order valence-corrected chi connectivity index (χ1v) is 9.75. The summed E-state index contributed by atoms with van der Waals surface area (Å²) in [5.41, 5.74) is 1.43. The Morgan fingerprint density at radius 3 is 2.25 bits per heavy atom. The highest BCUT2D eigenvalue weighted by Crippen LogP contribution is 2.21. The zero-order valence-corrected chi connectivity index (χ0v) is 12.0. The second-order valence-corrected chi connectivity index (χ2v) is 11.3. The van der Waals surface area contributed by atoms with Gasteiger partial charge in [-0.3, -0.25) is 0 Å². The van der Waals surface area contributed by atoms with Crippen molar-refractivity contribution in [3.05, 3.63) is 35.9 Å². The van der Waals surface area contributed by atoms with Crippen LogP contribution in [0, 0.1) is 5.92 Å². The monoisotopic (exact) mass is 236 g/mol. The molecule has 16 heavy (non-hydrogen) atoms. The first-order chi connectivity index (χ1) is 7.51. The smallest absolute Gasteiger partial charge is 0.0490 e. The number of rotatable bonds is 6. The van der Waals surface area contributed by atoms with Gasteiger partial charge in [0.15, 0.2) is 0 Å². The van der Waals surface area contributed by atoms with Crippen LogP contribution in [0.5, 0.6) is 0 Å². The molecule has 0 amide bonds. The minimum atomic E-state index is -0.991. The molecule has 0 aliphatic carbocycles. The number of hydrogen-bond acceptors (Lipinski definition) is 1. The summed E-state index contributed by atoms with van der Waals surface area (Å²) in [5.74, 6) is 0.680. The third-order valence-corrected chi connectivity index (χ3v) is 4.47. The Hall–Kier alpha value is -0.603. The molecule has 0 fully saturated rings. The molecule has 0 saturated heterocycles. The lowest BCUT2D eigenvalue weighted by Gasteiger charge is -2.24. The third-order valence-electron chi connectivity index (χ3n) is 2.67. The van der Waals surface area contributed by atoms with Crippen molar-refractivity contribution in [1.82, 2.24) is 0 Å². The van der Waals surface area contributed by atoms with Gasteiger partial charge >= 0.3 is 0 Å². The number of hydrogen-bond donors (Lipinski definition) is 0. The molecule has 2 heteroatoms. The summed E-state index contributed by atoms with van der Waals surface area (Å²) in [6, 6.07) is 12.1. The topological polar surface area (TPSA) is 9.23 Å². The van der Waals surface area contributed by atoms with E-state index in [1.807, 2.05) is 7.11 Å². The molecule has 0 saturated carbocycles. The van der Waals surface area contributed by atoms with Gasteiger partial charge in [0.2, 0.25) is 0 Å². The summed E-state index contributed by atoms with van der Waals surface area (Å²) >= 11 is 0. The van der Waals surface area contributed by atoms with Crippen molar-refractivity contribution >= 4 is 8.07 Å². The van der Waals surface area contributed by atoms with E-state index in [4.69, 9.17) is 4.74 Å². The molecular formula is C14H24OSi. The van der Waals surface area contributed by atoms with Gasteiger partial charge in [0.25, 0.3) is 0 Å². The van der Waals surface area contributed by atoms with Gasteiger partial charge < -0.3 is 4.74 Å². The molecule has 0 radical (unpaired) electrons. The molecule has 1 atom stereocenters. The predicted molar refractivity (Wildman–Crippen MR) is 73.7 cm³/mol. The van der Waals surface area contributed by atoms with Crippen molar-refractivity contribution in [2.45, 2.75) is 32.1 Å². The zero-order valence-electron chi connectivity index (χ0n) is 11.0. The molecule has 0 heterocycles. The Balaban J connectivity index is 2.58. The Morgan fingerprint density at radius 2 is 1.75 bits per heavy atom. The Labute approximate surface area is 101 Å². The maximum atomic E-state index is 5.34. The summed E-state index contributed by atoms with van der Waals surface area (Å²) in [6.45, 7) is 8.18. The van der Waals surface area contributed by atoms with Crippen LogP contribution in [0.3, 0.4) is 0 Å². The van der Waals surface area contributed by atoms with E-state index in [0.29, 0.717) is 5.92 Å². The Morgan fingerprint density at radius 1 is 1.12 bits per heavy atom. The average Bonchev–Trinajstić information content (AvgIpc) is 2.17. The molecular weight excluding hydrogens is 212 g/mol. The highest BCUT2D eigenvalue weighted by molar-refractivity contribution is 6.76. The van der Waals surface area contributed by atoms with Crippen LogP contribution >= 0.6 is 0 Å². The fraction of sp³-hybridized carbons (Fsp3) is 0.571. The predicted octanol–water partition coefficient (Wildman–Crippen LogP) is 3.83. The van der Waals surface area contributed by atoms with E-state index in [1.165, 1.54) is 11.6 Å². The van der Waals surface area contributed by atoms with Gasteiger partial charge in [-0.25, -0.2) is 0 Å². The van der Waals surface area contributed by atoms with Crippen LogP contribution in [0.4, 0.5) is 0 Å². The molecule has 0 aromatic heterocycles. The van der Waals surface area contributed by atoms with Gasteiger partial charge in [0.05, 0.1) is 0 Å². The maximum absolute atomic E-state index is 5.34. The van der Waals surface area contributed by atoms with Crippen molar-refractivity contribution in [3.63, 3.8) is 0 Å². The fourth-order valence-corrected chi connectivity index (χ4v) is 4.23. The SMILES string of the molecule is COCC(Cc1ccccc1)C[Si](C)(C)C. The first kappa shape index (κ1) is 13.5. The van der Waals surface area contributed by atoms with Crippen molar-refractivity contribution < 1.29 is 4.74 Å². The lowest BCUT2D eigenvalue weighted by atomic mass is 10.0. The van der Waals surface area contributed by atoms with E-state index in [-0.39, 0.29) is 0 Å². The van der Waals surface area contributed by atoms with Crippen LogP contribution in [0.15, 0.2) is 30.3 Å². The van der Waals surface area contributed by atoms with Crippen molar-refractivity contribution in [2.75, 3.05) is 13.7 Å². The second kappa shape index (κ2) is 6.21. The zero-order chi connectivity index (χ0) is 12.0. The van der Waals surface area contributed by atoms with E-state index in [1.54, 1.807) is 0 Å². The molecule has 1 aromatic carbocycles. The van der Waals surface area contributed by atoms with Gasteiger partial charge in [-0.1, -0.05) is 56.0 Å². The number of ether oxygens (including phenoxy) is 1. The molecule has 1 aromatic rings. The number of methoxy groups -OCH3 is 1. The van der Waals surface area contributed by atoms with E-state index < -0.39 is 8.07 Å². The minimum Gasteiger partial charge on any atom is -0.384 e. The molecule has 1 rings (SSSR count). The molecule has 0 aliphatic rings. The lowest BCUT2D eigenvalue weighted by molar-refractivity contribution is 0.159. The molecule has 0 spiro atoms. The standard InChI is InChI=1S/C14H24OSi/c1-15-11-14(12-16(2,3)4)10-13-8-6-5-7-9-13/h5-9,14H,10-12H2,1-4H3. The lowest BCUT2D eigenvalue weighted by Crippen LogP contribution is -2.27. The molecule has 1 unspecified atom stereocenters. The van der Waals surface area contributed by atoms with Crippen LogP contribution in [0.2, 0.25) is 25.7 Å². The van der Waals surface area contributed by atoms with Gasteiger partial charge in [0.1, 0.15) is 0 Å². The average molecular weight is 236 g/mol. The van der Waals surface area contributed by atoms with Crippen LogP contribution in [-0.2, 0) is 11.2 Å². The second-order valence-electron chi connectivity index (χ2n) is 5.78. The third kappa shape index (κ3) is 5.47. The van der Waals surface area contributed by atoms with Crippen molar-refractivity contribution in [1.29, 1.82) is 0 Å². The number of benzene rings is 1. The molecule has 90 valence electrons. The summed E-state index contributed by atoms with van der Waals surface area (Å²) in [5, 5.41) is 0. The van der Waals surface area contributed by atoms with Crippen LogP contribution in [0.1, 0.15) is 5.56 Å². The highest BCUT2D eigenvalue weighted by Gasteiger charge is 2.20. The van der Waals surface area contributed by atoms with E-state index >= 15 is 0 Å². The maximum Gasteiger partial charge on any atom is 0.0490 e. The Kier molecular flexibility index (Phi) is 5.23. The molecule has 0 aliphatic heterocycles. The van der Waals surface area contributed by atoms with Crippen LogP contribution in [-0.4, -0.2) is 21.8 Å². The van der Waals surface area contributed by atoms with E-state index in [0.717, 1.165) is 13.0 Å². The van der Waals surface area contributed by atoms with Gasteiger partial charge in [0, 0.05) is 21.8 Å². The van der Waals surface area contributed by atoms with Crippen molar-refractivity contribution in [3.8, 4) is 0 Å². The summed E-state index contributed by atoms with van der Waals surface area (Å²) < 4.78 is 5.34. The van der Waals surface area contributed by atoms with Gasteiger partial charge in [-0.2, -0.15) is 0 Å². The Bertz CT molecular complexity index is 289. The molecule has 0 N–H and O–H groups in total. The first-order valence-electron chi connectivity index (χ1n) is 6.04. The normalized spacial score (nSPS) is 13.8. The summed E-state index contributed by atoms with van der Waals surface area (Å²) in [4.78, 5) is 0. The van der Waals surface area contributed by atoms with Gasteiger partial charge in [-0.15, -0.1) is 0 Å². The highest BCUT2D eigenvalue weighted by atomic mass is 28.3. The summed E-state index contributed by atoms with van der Waals surface area (Å²) in [6.07, 6.45) is 1.15. The molecule has 1 nitrogen and oxygen atoms in total. The summed E-state index contributed by atoms with van der Waals surface area (Å²) in [7, 11) is 0.816. The van der Waals surface area contributed by atoms with Crippen LogP contribution in [0.25, 0.3) is 0 Å². The van der Waals surface area contributed by atoms with Gasteiger partial charge in [-0.05, 0) is 17.9 Å².